The Morgan fingerprint density at radius 2 is 0.643 bits per heavy atom. The molecule has 0 heterocycles. The Labute approximate surface area is 138 Å². The molecule has 0 rings (SSSR count). The van der Waals surface area contributed by atoms with Crippen LogP contribution in [0.2, 0.25) is 0 Å². The molecule has 0 aromatic heterocycles. The van der Waals surface area contributed by atoms with Gasteiger partial charge < -0.3 is 71.1 Å². The van der Waals surface area contributed by atoms with Gasteiger partial charge in [0.2, 0.25) is 0 Å². The van der Waals surface area contributed by atoms with Crippen LogP contribution in [0.15, 0.2) is 0 Å². The normalized spacial score (nSPS) is 1.00. The van der Waals surface area contributed by atoms with Gasteiger partial charge in [0.05, 0.1) is 0 Å². The summed E-state index contributed by atoms with van der Waals surface area (Å²) >= 11 is 0. The van der Waals surface area contributed by atoms with Crippen LogP contribution in [0.4, 0.5) is 0 Å². The van der Waals surface area contributed by atoms with Gasteiger partial charge in [-0.15, -0.1) is 0 Å². The second kappa shape index (κ2) is 2430. The van der Waals surface area contributed by atoms with Gasteiger partial charge in [0.1, 0.15) is 0 Å². The number of nitroso groups, excluding NO2 is 1. The van der Waals surface area contributed by atoms with E-state index in [0.29, 0.717) is 0 Å². The SMILES string of the molecule is [C-]#N.[C-]#N.[C-]#N.[C-]#N.[C-]#N.[Fe+6].[H-].[K+].[N-]=O. The van der Waals surface area contributed by atoms with Crippen molar-refractivity contribution >= 4 is 0 Å². The Kier molecular flexibility index (Phi) is 12600. The molecule has 0 saturated carbocycles. The molecule has 0 aliphatic heterocycles. The Balaban J connectivity index is -0.00000000396. The van der Waals surface area contributed by atoms with E-state index < -0.39 is 0 Å². The van der Waals surface area contributed by atoms with Crippen LogP contribution in [0.5, 0.6) is 0 Å². The van der Waals surface area contributed by atoms with E-state index in [0.717, 1.165) is 0 Å². The zero-order valence-corrected chi connectivity index (χ0v) is 11.2. The van der Waals surface area contributed by atoms with Crippen LogP contribution in [-0.2, 0) is 17.1 Å². The largest absolute Gasteiger partial charge is 6.00 e. The quantitative estimate of drug-likeness (QED) is 0.357. The van der Waals surface area contributed by atoms with Crippen LogP contribution < -0.4 is 51.4 Å². The number of rotatable bonds is 0. The maximum absolute atomic E-state index is 7.25. The zero-order chi connectivity index (χ0) is 12.0. The minimum Gasteiger partial charge on any atom is -1.00 e. The average Bonchev–Trinajstić information content (AvgIpc) is 2.33. The van der Waals surface area contributed by atoms with E-state index in [2.05, 4.69) is 0 Å². The van der Waals surface area contributed by atoms with E-state index in [1.165, 1.54) is 0 Å². The molecule has 7 nitrogen and oxygen atoms in total. The van der Waals surface area contributed by atoms with Crippen molar-refractivity contribution in [2.24, 2.45) is 0 Å². The average molecular weight is 256 g/mol. The van der Waals surface area contributed by atoms with Gasteiger partial charge in [-0.25, -0.2) is 0 Å². The molecular weight excluding hydrogens is 255 g/mol. The summed E-state index contributed by atoms with van der Waals surface area (Å²) in [6.07, 6.45) is 0. The van der Waals surface area contributed by atoms with Gasteiger partial charge in [0.15, 0.2) is 0 Å². The van der Waals surface area contributed by atoms with E-state index in [4.69, 9.17) is 69.7 Å². The molecule has 14 heavy (non-hydrogen) atoms. The summed E-state index contributed by atoms with van der Waals surface area (Å²) in [6.45, 7) is 23.8. The summed E-state index contributed by atoms with van der Waals surface area (Å²) in [7, 11) is 0. The molecule has 0 aromatic rings. The zero-order valence-electron chi connectivity index (χ0n) is 7.95. The molecule has 0 aliphatic carbocycles. The van der Waals surface area contributed by atoms with Crippen LogP contribution in [0, 0.1) is 64.1 Å². The predicted molar refractivity (Wildman–Crippen MR) is 32.7 cm³/mol. The Morgan fingerprint density at radius 3 is 0.643 bits per heavy atom. The molecule has 0 radical (unpaired) electrons. The monoisotopic (exact) mass is 256 g/mol. The van der Waals surface area contributed by atoms with Crippen molar-refractivity contribution < 1.29 is 69.9 Å². The van der Waals surface area contributed by atoms with Crippen molar-refractivity contribution in [2.75, 3.05) is 0 Å². The number of hydrogen-bond acceptors (Lipinski definition) is 6. The minimum absolute atomic E-state index is 0. The fourth-order valence-corrected chi connectivity index (χ4v) is 0. The summed E-state index contributed by atoms with van der Waals surface area (Å²) in [5.74, 6) is 0. The number of nitrogens with zero attached hydrogens (tertiary/aromatic N) is 6. The van der Waals surface area contributed by atoms with Crippen molar-refractivity contribution in [1.29, 1.82) is 26.3 Å². The third kappa shape index (κ3) is 1850. The molecule has 9 heteroatoms. The summed E-state index contributed by atoms with van der Waals surface area (Å²) in [5, 5.41) is 31.2. The van der Waals surface area contributed by atoms with Crippen molar-refractivity contribution in [3.05, 3.63) is 43.4 Å². The molecule has 0 amide bonds. The molecule has 0 unspecified atom stereocenters. The maximum Gasteiger partial charge on any atom is 6.00 e. The van der Waals surface area contributed by atoms with Gasteiger partial charge in [-0.05, 0) is 0 Å². The summed E-state index contributed by atoms with van der Waals surface area (Å²) in [4.78, 5) is 7.25. The molecule has 0 spiro atoms. The standard InChI is InChI=1S/5CN.Fe.K.NO.H/c5*1-2;;;1-2;/q5*-1;+6;+1;2*-1. The van der Waals surface area contributed by atoms with Gasteiger partial charge >= 0.3 is 68.5 Å². The number of hydrogen-bond donors (Lipinski definition) is 0. The Morgan fingerprint density at radius 1 is 0.643 bits per heavy atom. The fraction of sp³-hybridized carbons (Fsp3) is 0. The second-order valence-electron chi connectivity index (χ2n) is 0. The molecule has 0 bridgehead atoms. The molecule has 66 valence electrons. The molecule has 0 aliphatic rings. The first-order valence-electron chi connectivity index (χ1n) is 1.30. The molecule has 0 saturated heterocycles. The van der Waals surface area contributed by atoms with Crippen LogP contribution in [0.1, 0.15) is 1.43 Å². The topological polar surface area (TPSA) is 158 Å². The van der Waals surface area contributed by atoms with E-state index >= 15 is 0 Å². The summed E-state index contributed by atoms with van der Waals surface area (Å²) in [6, 6.07) is 0. The van der Waals surface area contributed by atoms with Gasteiger partial charge in [0.25, 0.3) is 0 Å². The molecular formula is C5HFeKN6O. The first-order valence-corrected chi connectivity index (χ1v) is 1.30. The first kappa shape index (κ1) is 72.6. The van der Waals surface area contributed by atoms with E-state index in [1.807, 2.05) is 0 Å². The first-order chi connectivity index (χ1) is 6.00. The van der Waals surface area contributed by atoms with Crippen molar-refractivity contribution in [3.63, 3.8) is 0 Å². The molecule has 0 atom stereocenters. The molecule has 0 N–H and O–H groups in total. The van der Waals surface area contributed by atoms with Crippen molar-refractivity contribution in [3.8, 4) is 0 Å². The van der Waals surface area contributed by atoms with E-state index in [1.54, 1.807) is 0 Å². The van der Waals surface area contributed by atoms with Gasteiger partial charge in [-0.3, -0.25) is 0 Å². The Hall–Kier alpha value is -0.794. The maximum atomic E-state index is 7.25. The smallest absolute Gasteiger partial charge is 1.00 e. The van der Waals surface area contributed by atoms with Crippen molar-refractivity contribution in [1.82, 2.24) is 0 Å². The summed E-state index contributed by atoms with van der Waals surface area (Å²) in [5.41, 5.74) is 5.75. The summed E-state index contributed by atoms with van der Waals surface area (Å²) < 4.78 is 0. The second-order valence-corrected chi connectivity index (χ2v) is 0. The fourth-order valence-electron chi connectivity index (χ4n) is 0. The minimum atomic E-state index is 0. The molecule has 0 fully saturated rings. The van der Waals surface area contributed by atoms with Crippen molar-refractivity contribution in [2.45, 2.75) is 0 Å². The predicted octanol–water partition coefficient (Wildman–Crippen LogP) is -2.08. The van der Waals surface area contributed by atoms with E-state index in [-0.39, 0.29) is 69.9 Å². The van der Waals surface area contributed by atoms with Crippen LogP contribution >= 0.6 is 0 Å². The van der Waals surface area contributed by atoms with Crippen LogP contribution in [0.25, 0.3) is 5.59 Å². The van der Waals surface area contributed by atoms with Gasteiger partial charge in [-0.2, -0.15) is 0 Å². The third-order valence-corrected chi connectivity index (χ3v) is 0. The van der Waals surface area contributed by atoms with E-state index in [9.17, 15) is 0 Å². The van der Waals surface area contributed by atoms with Gasteiger partial charge in [-0.1, -0.05) is 0 Å². The third-order valence-electron chi connectivity index (χ3n) is 0. The van der Waals surface area contributed by atoms with Crippen LogP contribution in [-0.4, -0.2) is 0 Å². The van der Waals surface area contributed by atoms with Crippen LogP contribution in [0.3, 0.4) is 0 Å². The Bertz CT molecular complexity index is 101. The van der Waals surface area contributed by atoms with Gasteiger partial charge in [0, 0.05) is 0 Å². The molecule has 0 aromatic carbocycles.